The van der Waals surface area contributed by atoms with Crippen molar-refractivity contribution < 1.29 is 19.2 Å². The second-order valence-electron chi connectivity index (χ2n) is 6.96. The average molecular weight is 345 g/mol. The predicted octanol–water partition coefficient (Wildman–Crippen LogP) is 1.60. The molecule has 1 saturated carbocycles. The fraction of sp³-hybridized carbons (Fsp3) is 0.500. The van der Waals surface area contributed by atoms with E-state index in [1.807, 2.05) is 24.3 Å². The first-order chi connectivity index (χ1) is 11.9. The SMILES string of the molecule is COc1ccc([C@]2(C(=O)NCCc3noc(CO)n3)CC2(C)C)cc1. The molecule has 1 aromatic carbocycles. The molecule has 7 heteroatoms. The fourth-order valence-electron chi connectivity index (χ4n) is 3.40. The largest absolute Gasteiger partial charge is 0.497 e. The van der Waals surface area contributed by atoms with Gasteiger partial charge in [0.1, 0.15) is 12.4 Å². The van der Waals surface area contributed by atoms with Crippen LogP contribution in [0.4, 0.5) is 0 Å². The van der Waals surface area contributed by atoms with Crippen LogP contribution in [0.3, 0.4) is 0 Å². The quantitative estimate of drug-likeness (QED) is 0.791. The molecule has 2 aromatic rings. The van der Waals surface area contributed by atoms with Crippen molar-refractivity contribution in [3.63, 3.8) is 0 Å². The number of ether oxygens (including phenoxy) is 1. The van der Waals surface area contributed by atoms with E-state index in [1.165, 1.54) is 0 Å². The van der Waals surface area contributed by atoms with Gasteiger partial charge in [0.25, 0.3) is 5.89 Å². The number of carbonyl (C=O) groups is 1. The van der Waals surface area contributed by atoms with E-state index < -0.39 is 5.41 Å². The molecule has 0 spiro atoms. The van der Waals surface area contributed by atoms with E-state index >= 15 is 0 Å². The molecule has 3 rings (SSSR count). The number of nitrogens with zero attached hydrogens (tertiary/aromatic N) is 2. The van der Waals surface area contributed by atoms with Crippen LogP contribution in [0.5, 0.6) is 5.75 Å². The Bertz CT molecular complexity index is 754. The first-order valence-corrected chi connectivity index (χ1v) is 8.28. The molecular formula is C18H23N3O4. The van der Waals surface area contributed by atoms with Gasteiger partial charge in [0.2, 0.25) is 5.91 Å². The summed E-state index contributed by atoms with van der Waals surface area (Å²) in [5.74, 6) is 1.43. The predicted molar refractivity (Wildman–Crippen MR) is 90.0 cm³/mol. The maximum atomic E-state index is 12.9. The van der Waals surface area contributed by atoms with Crippen molar-refractivity contribution in [1.82, 2.24) is 15.5 Å². The van der Waals surface area contributed by atoms with E-state index in [0.717, 1.165) is 17.7 Å². The first kappa shape index (κ1) is 17.4. The third kappa shape index (κ3) is 3.11. The molecule has 1 aliphatic rings. The smallest absolute Gasteiger partial charge is 0.252 e. The topological polar surface area (TPSA) is 97.5 Å². The summed E-state index contributed by atoms with van der Waals surface area (Å²) in [6.45, 7) is 4.33. The van der Waals surface area contributed by atoms with Gasteiger partial charge in [0.05, 0.1) is 12.5 Å². The van der Waals surface area contributed by atoms with Gasteiger partial charge in [-0.1, -0.05) is 31.1 Å². The molecule has 0 radical (unpaired) electrons. The highest BCUT2D eigenvalue weighted by Crippen LogP contribution is 2.64. The Morgan fingerprint density at radius 1 is 1.36 bits per heavy atom. The lowest BCUT2D eigenvalue weighted by molar-refractivity contribution is -0.124. The van der Waals surface area contributed by atoms with Crippen molar-refractivity contribution in [3.8, 4) is 5.75 Å². The normalized spacial score (nSPS) is 21.0. The van der Waals surface area contributed by atoms with Gasteiger partial charge >= 0.3 is 0 Å². The van der Waals surface area contributed by atoms with Crippen molar-refractivity contribution in [2.45, 2.75) is 38.7 Å². The molecule has 0 saturated heterocycles. The lowest BCUT2D eigenvalue weighted by Gasteiger charge is -2.21. The summed E-state index contributed by atoms with van der Waals surface area (Å²) in [4.78, 5) is 16.9. The Hall–Kier alpha value is -2.41. The van der Waals surface area contributed by atoms with Crippen LogP contribution in [-0.4, -0.2) is 34.8 Å². The highest BCUT2D eigenvalue weighted by atomic mass is 16.5. The molecular weight excluding hydrogens is 322 g/mol. The molecule has 1 heterocycles. The van der Waals surface area contributed by atoms with Gasteiger partial charge in [-0.2, -0.15) is 4.98 Å². The van der Waals surface area contributed by atoms with Gasteiger partial charge in [0.15, 0.2) is 5.82 Å². The number of rotatable bonds is 7. The van der Waals surface area contributed by atoms with E-state index in [1.54, 1.807) is 7.11 Å². The van der Waals surface area contributed by atoms with E-state index in [4.69, 9.17) is 14.4 Å². The summed E-state index contributed by atoms with van der Waals surface area (Å²) in [5, 5.41) is 15.7. The summed E-state index contributed by atoms with van der Waals surface area (Å²) in [7, 11) is 1.62. The van der Waals surface area contributed by atoms with Gasteiger partial charge in [-0.15, -0.1) is 0 Å². The summed E-state index contributed by atoms with van der Waals surface area (Å²) in [6.07, 6.45) is 1.25. The van der Waals surface area contributed by atoms with E-state index in [2.05, 4.69) is 29.3 Å². The maximum absolute atomic E-state index is 12.9. The molecule has 1 aromatic heterocycles. The molecule has 7 nitrogen and oxygen atoms in total. The standard InChI is InChI=1S/C18H23N3O4/c1-17(2)11-18(17,12-4-6-13(24-3)7-5-12)16(23)19-9-8-14-20-15(10-22)25-21-14/h4-7,22H,8-11H2,1-3H3,(H,19,23)/t18-/m0/s1. The maximum Gasteiger partial charge on any atom is 0.252 e. The van der Waals surface area contributed by atoms with Crippen LogP contribution in [0.25, 0.3) is 0 Å². The number of aliphatic hydroxyl groups is 1. The van der Waals surface area contributed by atoms with Gasteiger partial charge < -0.3 is 19.7 Å². The van der Waals surface area contributed by atoms with Gasteiger partial charge in [-0.25, -0.2) is 0 Å². The van der Waals surface area contributed by atoms with E-state index in [0.29, 0.717) is 18.8 Å². The molecule has 1 amide bonds. The number of aromatic nitrogens is 2. The number of aliphatic hydroxyl groups excluding tert-OH is 1. The van der Waals surface area contributed by atoms with E-state index in [-0.39, 0.29) is 23.8 Å². The van der Waals surface area contributed by atoms with Crippen molar-refractivity contribution in [2.75, 3.05) is 13.7 Å². The zero-order chi connectivity index (χ0) is 18.1. The number of hydrogen-bond donors (Lipinski definition) is 2. The lowest BCUT2D eigenvalue weighted by atomic mass is 9.87. The molecule has 0 unspecified atom stereocenters. The molecule has 1 aliphatic carbocycles. The van der Waals surface area contributed by atoms with Crippen LogP contribution < -0.4 is 10.1 Å². The summed E-state index contributed by atoms with van der Waals surface area (Å²) >= 11 is 0. The summed E-state index contributed by atoms with van der Waals surface area (Å²) in [6, 6.07) is 7.68. The Morgan fingerprint density at radius 2 is 2.04 bits per heavy atom. The van der Waals surface area contributed by atoms with Crippen molar-refractivity contribution >= 4 is 5.91 Å². The second-order valence-corrected chi connectivity index (χ2v) is 6.96. The van der Waals surface area contributed by atoms with Crippen LogP contribution in [0, 0.1) is 5.41 Å². The third-order valence-corrected chi connectivity index (χ3v) is 4.99. The van der Waals surface area contributed by atoms with E-state index in [9.17, 15) is 4.79 Å². The molecule has 1 atom stereocenters. The number of carbonyl (C=O) groups excluding carboxylic acids is 1. The molecule has 0 bridgehead atoms. The summed E-state index contributed by atoms with van der Waals surface area (Å²) < 4.78 is 10.0. The van der Waals surface area contributed by atoms with Crippen LogP contribution >= 0.6 is 0 Å². The number of amides is 1. The highest BCUT2D eigenvalue weighted by molar-refractivity contribution is 5.93. The monoisotopic (exact) mass is 345 g/mol. The van der Waals surface area contributed by atoms with Gasteiger partial charge in [-0.3, -0.25) is 4.79 Å². The lowest BCUT2D eigenvalue weighted by Crippen LogP contribution is -2.38. The Morgan fingerprint density at radius 3 is 2.56 bits per heavy atom. The van der Waals surface area contributed by atoms with Gasteiger partial charge in [-0.05, 0) is 29.5 Å². The fourth-order valence-corrected chi connectivity index (χ4v) is 3.40. The minimum Gasteiger partial charge on any atom is -0.497 e. The molecule has 0 aliphatic heterocycles. The number of hydrogen-bond acceptors (Lipinski definition) is 6. The Kier molecular flexibility index (Phi) is 4.51. The zero-order valence-electron chi connectivity index (χ0n) is 14.7. The van der Waals surface area contributed by atoms with Gasteiger partial charge in [0, 0.05) is 13.0 Å². The average Bonchev–Trinajstić information content (AvgIpc) is 2.96. The number of nitrogens with one attached hydrogen (secondary N) is 1. The minimum absolute atomic E-state index is 0.00791. The molecule has 2 N–H and O–H groups in total. The van der Waals surface area contributed by atoms with Crippen molar-refractivity contribution in [1.29, 1.82) is 0 Å². The van der Waals surface area contributed by atoms with Crippen molar-refractivity contribution in [2.24, 2.45) is 5.41 Å². The van der Waals surface area contributed by atoms with Crippen LogP contribution in [-0.2, 0) is 23.2 Å². The number of methoxy groups -OCH3 is 1. The minimum atomic E-state index is -0.521. The van der Waals surface area contributed by atoms with Crippen LogP contribution in [0.2, 0.25) is 0 Å². The molecule has 25 heavy (non-hydrogen) atoms. The first-order valence-electron chi connectivity index (χ1n) is 8.28. The second kappa shape index (κ2) is 6.48. The Balaban J connectivity index is 1.67. The number of benzene rings is 1. The van der Waals surface area contributed by atoms with Crippen LogP contribution in [0.15, 0.2) is 28.8 Å². The van der Waals surface area contributed by atoms with Crippen LogP contribution in [0.1, 0.15) is 37.5 Å². The van der Waals surface area contributed by atoms with Crippen molar-refractivity contribution in [3.05, 3.63) is 41.5 Å². The molecule has 1 fully saturated rings. The Labute approximate surface area is 146 Å². The highest BCUT2D eigenvalue weighted by Gasteiger charge is 2.66. The zero-order valence-corrected chi connectivity index (χ0v) is 14.7. The third-order valence-electron chi connectivity index (χ3n) is 4.99. The summed E-state index contributed by atoms with van der Waals surface area (Å²) in [5.41, 5.74) is 0.382. The molecule has 134 valence electrons.